The number of phenolic OH excluding ortho intramolecular Hbond substituents is 1. The van der Waals surface area contributed by atoms with Crippen LogP contribution in [0.4, 0.5) is 10.8 Å². The van der Waals surface area contributed by atoms with E-state index in [2.05, 4.69) is 22.1 Å². The summed E-state index contributed by atoms with van der Waals surface area (Å²) in [5.74, 6) is -0.583. The second-order valence-electron chi connectivity index (χ2n) is 6.91. The molecule has 1 amide bonds. The third-order valence-electron chi connectivity index (χ3n) is 5.02. The molecule has 1 aromatic heterocycles. The highest BCUT2D eigenvalue weighted by Gasteiger charge is 2.20. The smallest absolute Gasteiger partial charge is 0.260 e. The minimum Gasteiger partial charge on any atom is -0.507 e. The molecule has 1 aliphatic heterocycles. The maximum absolute atomic E-state index is 12.5. The van der Waals surface area contributed by atoms with E-state index >= 15 is 0 Å². The highest BCUT2D eigenvalue weighted by Crippen LogP contribution is 2.31. The quantitative estimate of drug-likeness (QED) is 0.584. The van der Waals surface area contributed by atoms with Crippen LogP contribution in [0.2, 0.25) is 5.02 Å². The molecule has 0 saturated carbocycles. The Hall–Kier alpha value is -2.83. The number of hydrogen-bond donors (Lipinski definition) is 2. The predicted octanol–water partition coefficient (Wildman–Crippen LogP) is 5.44. The van der Waals surface area contributed by atoms with E-state index in [1.165, 1.54) is 17.2 Å². The number of rotatable bonds is 4. The van der Waals surface area contributed by atoms with Crippen molar-refractivity contribution in [1.82, 2.24) is 4.98 Å². The standard InChI is InChI=1S/C22H20ClN3O2S/c1-14-9-11-26(22-24-10-12-29-22)13-17(14)15-5-7-16(8-6-15)25-21(28)20-18(23)3-2-4-19(20)27/h2-8,10,12,27H,9,11,13H2,1H3,(H,25,28). The van der Waals surface area contributed by atoms with Crippen LogP contribution in [-0.2, 0) is 0 Å². The first-order valence-corrected chi connectivity index (χ1v) is 10.5. The second kappa shape index (κ2) is 8.27. The zero-order valence-electron chi connectivity index (χ0n) is 15.9. The van der Waals surface area contributed by atoms with Gasteiger partial charge in [0.2, 0.25) is 0 Å². The number of hydrogen-bond acceptors (Lipinski definition) is 5. The number of anilines is 2. The lowest BCUT2D eigenvalue weighted by molar-refractivity contribution is 0.102. The summed E-state index contributed by atoms with van der Waals surface area (Å²) in [6.45, 7) is 3.96. The summed E-state index contributed by atoms with van der Waals surface area (Å²) >= 11 is 7.70. The first-order chi connectivity index (χ1) is 14.0. The number of amides is 1. The van der Waals surface area contributed by atoms with Gasteiger partial charge >= 0.3 is 0 Å². The molecule has 5 nitrogen and oxygen atoms in total. The van der Waals surface area contributed by atoms with E-state index in [0.29, 0.717) is 5.69 Å². The molecule has 0 bridgehead atoms. The van der Waals surface area contributed by atoms with Crippen molar-refractivity contribution >= 4 is 45.2 Å². The first-order valence-electron chi connectivity index (χ1n) is 9.25. The summed E-state index contributed by atoms with van der Waals surface area (Å²) in [7, 11) is 0. The Bertz CT molecular complexity index is 1040. The van der Waals surface area contributed by atoms with Crippen molar-refractivity contribution in [3.63, 3.8) is 0 Å². The number of halogens is 1. The molecular weight excluding hydrogens is 406 g/mol. The van der Waals surface area contributed by atoms with Crippen LogP contribution in [0.15, 0.2) is 59.6 Å². The Morgan fingerprint density at radius 2 is 2.03 bits per heavy atom. The van der Waals surface area contributed by atoms with Gasteiger partial charge in [-0.15, -0.1) is 11.3 Å². The number of benzene rings is 2. The molecule has 0 spiro atoms. The van der Waals surface area contributed by atoms with Gasteiger partial charge in [0.05, 0.1) is 5.02 Å². The molecule has 0 unspecified atom stereocenters. The van der Waals surface area contributed by atoms with Crippen molar-refractivity contribution in [2.75, 3.05) is 23.3 Å². The molecule has 29 heavy (non-hydrogen) atoms. The number of aromatic hydroxyl groups is 1. The molecule has 7 heteroatoms. The topological polar surface area (TPSA) is 65.5 Å². The normalized spacial score (nSPS) is 14.2. The van der Waals surface area contributed by atoms with Gasteiger partial charge in [-0.25, -0.2) is 4.98 Å². The van der Waals surface area contributed by atoms with E-state index in [1.807, 2.05) is 35.8 Å². The molecule has 2 aromatic carbocycles. The van der Waals surface area contributed by atoms with Gasteiger partial charge in [0.15, 0.2) is 5.13 Å². The summed E-state index contributed by atoms with van der Waals surface area (Å²) in [6, 6.07) is 12.4. The zero-order valence-corrected chi connectivity index (χ0v) is 17.4. The average molecular weight is 426 g/mol. The number of carbonyl (C=O) groups excluding carboxylic acids is 1. The van der Waals surface area contributed by atoms with Crippen LogP contribution < -0.4 is 10.2 Å². The highest BCUT2D eigenvalue weighted by molar-refractivity contribution is 7.13. The van der Waals surface area contributed by atoms with E-state index < -0.39 is 5.91 Å². The van der Waals surface area contributed by atoms with Crippen LogP contribution in [0.25, 0.3) is 5.57 Å². The molecule has 0 atom stereocenters. The van der Waals surface area contributed by atoms with Crippen LogP contribution >= 0.6 is 22.9 Å². The molecule has 0 fully saturated rings. The first kappa shape index (κ1) is 19.5. The Morgan fingerprint density at radius 3 is 2.72 bits per heavy atom. The molecular formula is C22H20ClN3O2S. The van der Waals surface area contributed by atoms with Gasteiger partial charge in [-0.3, -0.25) is 4.79 Å². The molecule has 3 aromatic rings. The maximum Gasteiger partial charge on any atom is 0.260 e. The number of nitrogens with zero attached hydrogens (tertiary/aromatic N) is 2. The number of aromatic nitrogens is 1. The van der Waals surface area contributed by atoms with Crippen LogP contribution in [0, 0.1) is 0 Å². The van der Waals surface area contributed by atoms with Gasteiger partial charge in [0.25, 0.3) is 5.91 Å². The van der Waals surface area contributed by atoms with Gasteiger partial charge in [-0.1, -0.05) is 35.4 Å². The lowest BCUT2D eigenvalue weighted by atomic mass is 9.95. The molecule has 1 aliphatic rings. The number of carbonyl (C=O) groups is 1. The van der Waals surface area contributed by atoms with E-state index in [1.54, 1.807) is 23.5 Å². The lowest BCUT2D eigenvalue weighted by Crippen LogP contribution is -2.30. The minimum atomic E-state index is -0.441. The Kier molecular flexibility index (Phi) is 5.56. The number of thiazole rings is 1. The molecule has 0 radical (unpaired) electrons. The van der Waals surface area contributed by atoms with Crippen LogP contribution in [-0.4, -0.2) is 29.1 Å². The third-order valence-corrected chi connectivity index (χ3v) is 6.17. The van der Waals surface area contributed by atoms with Crippen LogP contribution in [0.1, 0.15) is 29.3 Å². The summed E-state index contributed by atoms with van der Waals surface area (Å²) in [5.41, 5.74) is 4.50. The third kappa shape index (κ3) is 4.13. The van der Waals surface area contributed by atoms with E-state index in [4.69, 9.17) is 11.6 Å². The molecule has 4 rings (SSSR count). The van der Waals surface area contributed by atoms with Gasteiger partial charge in [0.1, 0.15) is 11.3 Å². The van der Waals surface area contributed by atoms with E-state index in [0.717, 1.165) is 30.2 Å². The summed E-state index contributed by atoms with van der Waals surface area (Å²) in [4.78, 5) is 19.2. The largest absolute Gasteiger partial charge is 0.507 e. The molecule has 0 aliphatic carbocycles. The van der Waals surface area contributed by atoms with Crippen molar-refractivity contribution in [3.05, 3.63) is 75.8 Å². The fourth-order valence-corrected chi connectivity index (χ4v) is 4.34. The SMILES string of the molecule is CC1=C(c2ccc(NC(=O)c3c(O)cccc3Cl)cc2)CN(c2nccs2)CC1. The molecule has 148 valence electrons. The molecule has 0 saturated heterocycles. The van der Waals surface area contributed by atoms with Crippen LogP contribution in [0.5, 0.6) is 5.75 Å². The predicted molar refractivity (Wildman–Crippen MR) is 119 cm³/mol. The van der Waals surface area contributed by atoms with Crippen molar-refractivity contribution in [2.24, 2.45) is 0 Å². The average Bonchev–Trinajstić information content (AvgIpc) is 3.24. The Morgan fingerprint density at radius 1 is 1.24 bits per heavy atom. The van der Waals surface area contributed by atoms with Crippen molar-refractivity contribution in [2.45, 2.75) is 13.3 Å². The molecule has 2 N–H and O–H groups in total. The Balaban J connectivity index is 1.51. The van der Waals surface area contributed by atoms with E-state index in [9.17, 15) is 9.90 Å². The number of phenols is 1. The zero-order chi connectivity index (χ0) is 20.4. The Labute approximate surface area is 178 Å². The van der Waals surface area contributed by atoms with Crippen LogP contribution in [0.3, 0.4) is 0 Å². The minimum absolute atomic E-state index is 0.0724. The maximum atomic E-state index is 12.5. The monoisotopic (exact) mass is 425 g/mol. The van der Waals surface area contributed by atoms with Crippen molar-refractivity contribution < 1.29 is 9.90 Å². The van der Waals surface area contributed by atoms with Crippen molar-refractivity contribution in [1.29, 1.82) is 0 Å². The fourth-order valence-electron chi connectivity index (χ4n) is 3.42. The lowest BCUT2D eigenvalue weighted by Gasteiger charge is -2.30. The summed E-state index contributed by atoms with van der Waals surface area (Å²) in [5, 5.41) is 16.0. The fraction of sp³-hybridized carbons (Fsp3) is 0.182. The summed E-state index contributed by atoms with van der Waals surface area (Å²) < 4.78 is 0. The van der Waals surface area contributed by atoms with Gasteiger partial charge < -0.3 is 15.3 Å². The summed E-state index contributed by atoms with van der Waals surface area (Å²) in [6.07, 6.45) is 2.83. The van der Waals surface area contributed by atoms with Gasteiger partial charge in [0, 0.05) is 30.4 Å². The van der Waals surface area contributed by atoms with Crippen molar-refractivity contribution in [3.8, 4) is 5.75 Å². The second-order valence-corrected chi connectivity index (χ2v) is 8.19. The highest BCUT2D eigenvalue weighted by atomic mass is 35.5. The van der Waals surface area contributed by atoms with Gasteiger partial charge in [-0.05, 0) is 48.7 Å². The number of nitrogens with one attached hydrogen (secondary N) is 1. The van der Waals surface area contributed by atoms with E-state index in [-0.39, 0.29) is 16.3 Å². The van der Waals surface area contributed by atoms with Gasteiger partial charge in [-0.2, -0.15) is 0 Å². The molecule has 2 heterocycles.